The number of halogens is 1. The van der Waals surface area contributed by atoms with Crippen LogP contribution in [0.3, 0.4) is 0 Å². The highest BCUT2D eigenvalue weighted by atomic mass is 19.1. The van der Waals surface area contributed by atoms with Crippen LogP contribution in [0.5, 0.6) is 5.75 Å². The highest BCUT2D eigenvalue weighted by molar-refractivity contribution is 6.39. The van der Waals surface area contributed by atoms with Crippen LogP contribution >= 0.6 is 0 Å². The number of amides is 1. The lowest BCUT2D eigenvalue weighted by atomic mass is 9.90. The molecule has 27 heavy (non-hydrogen) atoms. The van der Waals surface area contributed by atoms with Crippen molar-refractivity contribution in [1.29, 1.82) is 0 Å². The van der Waals surface area contributed by atoms with Crippen molar-refractivity contribution >= 4 is 35.8 Å². The standard InChI is InChI=1S/C20H20BFN2O3/c1-11(2)10-24-15-8-4-7-14(21)16(15)18(25)17(20(24)27)19(26)23-13-6-3-5-12(22)9-13/h3-9,11,25H,10,21H2,1-2H3,(H,23,26). The maximum atomic E-state index is 13.4. The Balaban J connectivity index is 2.21. The van der Waals surface area contributed by atoms with Gasteiger partial charge >= 0.3 is 0 Å². The van der Waals surface area contributed by atoms with Crippen molar-refractivity contribution in [2.75, 3.05) is 5.32 Å². The molecule has 0 saturated heterocycles. The number of nitrogens with zero attached hydrogens (tertiary/aromatic N) is 1. The fourth-order valence-corrected chi connectivity index (χ4v) is 3.17. The second-order valence-corrected chi connectivity index (χ2v) is 6.97. The molecule has 2 aromatic carbocycles. The highest BCUT2D eigenvalue weighted by Crippen LogP contribution is 2.26. The number of hydrogen-bond acceptors (Lipinski definition) is 3. The maximum absolute atomic E-state index is 13.4. The Bertz CT molecular complexity index is 1090. The molecule has 0 aliphatic carbocycles. The third-order valence-electron chi connectivity index (χ3n) is 4.33. The number of aromatic nitrogens is 1. The van der Waals surface area contributed by atoms with E-state index in [1.54, 1.807) is 26.0 Å². The van der Waals surface area contributed by atoms with E-state index in [2.05, 4.69) is 5.32 Å². The Morgan fingerprint density at radius 2 is 1.96 bits per heavy atom. The number of aromatic hydroxyl groups is 1. The van der Waals surface area contributed by atoms with Gasteiger partial charge in [-0.1, -0.05) is 37.5 Å². The summed E-state index contributed by atoms with van der Waals surface area (Å²) in [7, 11) is 1.81. The minimum Gasteiger partial charge on any atom is -0.506 e. The van der Waals surface area contributed by atoms with Crippen molar-refractivity contribution in [3.05, 3.63) is 64.2 Å². The molecule has 1 amide bonds. The summed E-state index contributed by atoms with van der Waals surface area (Å²) in [5.41, 5.74) is 0.616. The van der Waals surface area contributed by atoms with Crippen LogP contribution in [0.25, 0.3) is 10.9 Å². The molecule has 1 heterocycles. The number of anilines is 1. The van der Waals surface area contributed by atoms with Gasteiger partial charge in [0, 0.05) is 17.6 Å². The van der Waals surface area contributed by atoms with E-state index in [-0.39, 0.29) is 22.9 Å². The first kappa shape index (κ1) is 18.7. The van der Waals surface area contributed by atoms with Crippen molar-refractivity contribution < 1.29 is 14.3 Å². The normalized spacial score (nSPS) is 11.1. The molecule has 0 unspecified atom stereocenters. The molecule has 7 heteroatoms. The topological polar surface area (TPSA) is 71.3 Å². The molecule has 138 valence electrons. The first-order chi connectivity index (χ1) is 12.8. The third kappa shape index (κ3) is 3.58. The second-order valence-electron chi connectivity index (χ2n) is 6.97. The van der Waals surface area contributed by atoms with E-state index in [1.165, 1.54) is 22.8 Å². The van der Waals surface area contributed by atoms with Crippen LogP contribution in [0.4, 0.5) is 10.1 Å². The molecule has 0 bridgehead atoms. The predicted molar refractivity (Wildman–Crippen MR) is 107 cm³/mol. The van der Waals surface area contributed by atoms with Gasteiger partial charge in [-0.15, -0.1) is 0 Å². The monoisotopic (exact) mass is 366 g/mol. The highest BCUT2D eigenvalue weighted by Gasteiger charge is 2.23. The molecule has 0 aliphatic rings. The van der Waals surface area contributed by atoms with E-state index >= 15 is 0 Å². The lowest BCUT2D eigenvalue weighted by Gasteiger charge is -2.17. The van der Waals surface area contributed by atoms with Crippen LogP contribution in [-0.2, 0) is 6.54 Å². The van der Waals surface area contributed by atoms with Gasteiger partial charge in [-0.25, -0.2) is 4.39 Å². The number of rotatable bonds is 4. The molecule has 2 N–H and O–H groups in total. The van der Waals surface area contributed by atoms with Gasteiger partial charge in [-0.05, 0) is 30.2 Å². The largest absolute Gasteiger partial charge is 0.506 e. The van der Waals surface area contributed by atoms with Gasteiger partial charge < -0.3 is 15.0 Å². The Kier molecular flexibility index (Phi) is 5.03. The lowest BCUT2D eigenvalue weighted by molar-refractivity contribution is 0.102. The van der Waals surface area contributed by atoms with Gasteiger partial charge in [0.25, 0.3) is 11.5 Å². The minimum atomic E-state index is -0.772. The summed E-state index contributed by atoms with van der Waals surface area (Å²) < 4.78 is 14.9. The number of hydrogen-bond donors (Lipinski definition) is 2. The van der Waals surface area contributed by atoms with E-state index in [0.717, 1.165) is 11.5 Å². The molecule has 3 rings (SSSR count). The van der Waals surface area contributed by atoms with E-state index in [9.17, 15) is 19.1 Å². The zero-order valence-corrected chi connectivity index (χ0v) is 15.4. The third-order valence-corrected chi connectivity index (χ3v) is 4.33. The first-order valence-corrected chi connectivity index (χ1v) is 8.71. The summed E-state index contributed by atoms with van der Waals surface area (Å²) in [6.45, 7) is 4.33. The molecule has 3 aromatic rings. The summed E-state index contributed by atoms with van der Waals surface area (Å²) >= 11 is 0. The second kappa shape index (κ2) is 7.27. The molecular formula is C20H20BFN2O3. The molecule has 0 fully saturated rings. The van der Waals surface area contributed by atoms with E-state index in [4.69, 9.17) is 0 Å². The minimum absolute atomic E-state index is 0.162. The summed E-state index contributed by atoms with van der Waals surface area (Å²) in [5.74, 6) is -1.48. The van der Waals surface area contributed by atoms with Crippen molar-refractivity contribution in [2.24, 2.45) is 5.92 Å². The summed E-state index contributed by atoms with van der Waals surface area (Å²) in [5, 5.41) is 13.7. The van der Waals surface area contributed by atoms with Gasteiger partial charge in [0.15, 0.2) is 0 Å². The number of nitrogens with one attached hydrogen (secondary N) is 1. The summed E-state index contributed by atoms with van der Waals surface area (Å²) in [6.07, 6.45) is 0. The molecule has 0 aliphatic heterocycles. The number of pyridine rings is 1. The van der Waals surface area contributed by atoms with Crippen LogP contribution in [0.1, 0.15) is 24.2 Å². The SMILES string of the molecule is Bc1cccc2c1c(O)c(C(=O)Nc1cccc(F)c1)c(=O)n2CC(C)C. The number of carbonyl (C=O) groups is 1. The number of carbonyl (C=O) groups excluding carboxylic acids is 1. The smallest absolute Gasteiger partial charge is 0.267 e. The van der Waals surface area contributed by atoms with E-state index < -0.39 is 17.3 Å². The molecule has 0 saturated carbocycles. The van der Waals surface area contributed by atoms with Crippen LogP contribution in [0.15, 0.2) is 47.3 Å². The predicted octanol–water partition coefficient (Wildman–Crippen LogP) is 2.01. The first-order valence-electron chi connectivity index (χ1n) is 8.71. The van der Waals surface area contributed by atoms with Gasteiger partial charge in [-0.3, -0.25) is 9.59 Å². The van der Waals surface area contributed by atoms with Gasteiger partial charge in [0.1, 0.15) is 25.0 Å². The van der Waals surface area contributed by atoms with Crippen LogP contribution in [0.2, 0.25) is 0 Å². The Labute approximate surface area is 156 Å². The van der Waals surface area contributed by atoms with Crippen molar-refractivity contribution in [3.63, 3.8) is 0 Å². The molecular weight excluding hydrogens is 346 g/mol. The Morgan fingerprint density at radius 3 is 2.63 bits per heavy atom. The van der Waals surface area contributed by atoms with Crippen molar-refractivity contribution in [3.8, 4) is 5.75 Å². The summed E-state index contributed by atoms with van der Waals surface area (Å²) in [4.78, 5) is 25.8. The van der Waals surface area contributed by atoms with Crippen LogP contribution in [0, 0.1) is 11.7 Å². The van der Waals surface area contributed by atoms with Gasteiger partial charge in [0.2, 0.25) is 0 Å². The van der Waals surface area contributed by atoms with E-state index in [0.29, 0.717) is 17.4 Å². The van der Waals surface area contributed by atoms with Gasteiger partial charge in [-0.2, -0.15) is 0 Å². The van der Waals surface area contributed by atoms with Crippen LogP contribution in [-0.4, -0.2) is 23.4 Å². The maximum Gasteiger partial charge on any atom is 0.267 e. The average molecular weight is 366 g/mol. The fourth-order valence-electron chi connectivity index (χ4n) is 3.17. The molecule has 0 atom stereocenters. The van der Waals surface area contributed by atoms with Crippen molar-refractivity contribution in [1.82, 2.24) is 4.57 Å². The zero-order chi connectivity index (χ0) is 19.7. The quantitative estimate of drug-likeness (QED) is 0.694. The zero-order valence-electron chi connectivity index (χ0n) is 15.4. The molecule has 1 aromatic heterocycles. The number of fused-ring (bicyclic) bond motifs is 1. The Morgan fingerprint density at radius 1 is 1.26 bits per heavy atom. The van der Waals surface area contributed by atoms with Crippen LogP contribution < -0.4 is 16.3 Å². The lowest BCUT2D eigenvalue weighted by Crippen LogP contribution is -2.32. The Hall–Kier alpha value is -3.09. The van der Waals surface area contributed by atoms with Gasteiger partial charge in [0.05, 0.1) is 5.52 Å². The summed E-state index contributed by atoms with van der Waals surface area (Å²) in [6, 6.07) is 10.7. The molecule has 0 spiro atoms. The fraction of sp³-hybridized carbons (Fsp3) is 0.200. The molecule has 0 radical (unpaired) electrons. The number of benzene rings is 2. The van der Waals surface area contributed by atoms with E-state index in [1.807, 2.05) is 13.8 Å². The average Bonchev–Trinajstić information content (AvgIpc) is 2.58. The molecule has 5 nitrogen and oxygen atoms in total. The van der Waals surface area contributed by atoms with Crippen molar-refractivity contribution in [2.45, 2.75) is 20.4 Å².